The number of amides is 2. The zero-order valence-electron chi connectivity index (χ0n) is 18.3. The summed E-state index contributed by atoms with van der Waals surface area (Å²) in [6, 6.07) is 6.80. The minimum Gasteiger partial charge on any atom is -0.466 e. The summed E-state index contributed by atoms with van der Waals surface area (Å²) >= 11 is 0. The number of carbonyl (C=O) groups excluding carboxylic acids is 3. The first-order valence-electron chi connectivity index (χ1n) is 10.7. The van der Waals surface area contributed by atoms with Crippen LogP contribution in [0.15, 0.2) is 35.5 Å². The van der Waals surface area contributed by atoms with E-state index in [9.17, 15) is 19.5 Å². The molecule has 1 saturated heterocycles. The maximum atomic E-state index is 12.8. The molecule has 0 unspecified atom stereocenters. The van der Waals surface area contributed by atoms with Gasteiger partial charge < -0.3 is 30.1 Å². The van der Waals surface area contributed by atoms with Gasteiger partial charge in [-0.2, -0.15) is 0 Å². The molecular formula is C22H30N4O6. The summed E-state index contributed by atoms with van der Waals surface area (Å²) in [6.45, 7) is 4.58. The highest BCUT2D eigenvalue weighted by Crippen LogP contribution is 2.24. The second-order valence-corrected chi connectivity index (χ2v) is 7.53. The van der Waals surface area contributed by atoms with Gasteiger partial charge in [0.05, 0.1) is 50.3 Å². The standard InChI is InChI=1S/C22H30N4O6/c1-31-22(30)17-15-26(9-12-27)21(29)19(17)24-18-6-3-2-5-16(18)20(28)23-7-4-8-25-10-13-32-14-11-25/h2-3,5-6,24,27H,4,7-15H2,1H3,(H,23,28). The Morgan fingerprint density at radius 2 is 1.94 bits per heavy atom. The van der Waals surface area contributed by atoms with Gasteiger partial charge in [0.2, 0.25) is 0 Å². The molecule has 2 aliphatic heterocycles. The molecule has 2 aliphatic rings. The number of methoxy groups -OCH3 is 1. The van der Waals surface area contributed by atoms with Crippen molar-refractivity contribution in [1.82, 2.24) is 15.1 Å². The Morgan fingerprint density at radius 1 is 1.19 bits per heavy atom. The van der Waals surface area contributed by atoms with Crippen LogP contribution in [-0.2, 0) is 19.1 Å². The number of aliphatic hydroxyl groups excluding tert-OH is 1. The van der Waals surface area contributed by atoms with Crippen LogP contribution < -0.4 is 10.6 Å². The van der Waals surface area contributed by atoms with E-state index in [1.165, 1.54) is 12.0 Å². The number of anilines is 1. The molecule has 2 amide bonds. The number of para-hydroxylation sites is 1. The van der Waals surface area contributed by atoms with Gasteiger partial charge in [0.25, 0.3) is 11.8 Å². The third kappa shape index (κ3) is 5.84. The zero-order chi connectivity index (χ0) is 22.9. The second kappa shape index (κ2) is 11.6. The monoisotopic (exact) mass is 446 g/mol. The van der Waals surface area contributed by atoms with E-state index in [1.54, 1.807) is 24.3 Å². The van der Waals surface area contributed by atoms with Crippen LogP contribution in [0.4, 0.5) is 5.69 Å². The van der Waals surface area contributed by atoms with E-state index in [-0.39, 0.29) is 36.9 Å². The van der Waals surface area contributed by atoms with Crippen LogP contribution in [-0.4, -0.2) is 98.9 Å². The van der Waals surface area contributed by atoms with Gasteiger partial charge in [-0.3, -0.25) is 14.5 Å². The molecular weight excluding hydrogens is 416 g/mol. The summed E-state index contributed by atoms with van der Waals surface area (Å²) in [5, 5.41) is 15.1. The lowest BCUT2D eigenvalue weighted by Crippen LogP contribution is -2.38. The molecule has 0 bridgehead atoms. The minimum absolute atomic E-state index is 0.0320. The van der Waals surface area contributed by atoms with E-state index >= 15 is 0 Å². The molecule has 0 saturated carbocycles. The van der Waals surface area contributed by atoms with Crippen molar-refractivity contribution in [3.05, 3.63) is 41.1 Å². The summed E-state index contributed by atoms with van der Waals surface area (Å²) in [5.41, 5.74) is 0.988. The van der Waals surface area contributed by atoms with E-state index in [2.05, 4.69) is 15.5 Å². The number of ether oxygens (including phenoxy) is 2. The van der Waals surface area contributed by atoms with Crippen molar-refractivity contribution in [2.24, 2.45) is 0 Å². The van der Waals surface area contributed by atoms with Gasteiger partial charge in [-0.25, -0.2) is 4.79 Å². The maximum absolute atomic E-state index is 12.8. The third-order valence-corrected chi connectivity index (χ3v) is 5.43. The van der Waals surface area contributed by atoms with Crippen LogP contribution in [0, 0.1) is 0 Å². The van der Waals surface area contributed by atoms with E-state index in [0.29, 0.717) is 17.8 Å². The normalized spacial score (nSPS) is 16.9. The van der Waals surface area contributed by atoms with E-state index in [0.717, 1.165) is 39.3 Å². The quantitative estimate of drug-likeness (QED) is 0.334. The fourth-order valence-electron chi connectivity index (χ4n) is 3.70. The molecule has 2 heterocycles. The molecule has 0 spiro atoms. The van der Waals surface area contributed by atoms with Gasteiger partial charge in [-0.1, -0.05) is 12.1 Å². The highest BCUT2D eigenvalue weighted by molar-refractivity contribution is 6.09. The predicted octanol–water partition coefficient (Wildman–Crippen LogP) is -0.188. The molecule has 10 nitrogen and oxygen atoms in total. The second-order valence-electron chi connectivity index (χ2n) is 7.53. The van der Waals surface area contributed by atoms with Crippen molar-refractivity contribution in [2.75, 3.05) is 71.5 Å². The number of hydrogen-bond donors (Lipinski definition) is 3. The SMILES string of the molecule is COC(=O)C1=C(Nc2ccccc2C(=O)NCCCN2CCOCC2)C(=O)N(CCO)C1. The molecule has 1 fully saturated rings. The Labute approximate surface area is 187 Å². The number of aliphatic hydroxyl groups is 1. The average molecular weight is 447 g/mol. The van der Waals surface area contributed by atoms with Gasteiger partial charge in [0.15, 0.2) is 0 Å². The van der Waals surface area contributed by atoms with Crippen LogP contribution in [0.2, 0.25) is 0 Å². The summed E-state index contributed by atoms with van der Waals surface area (Å²) in [7, 11) is 1.24. The molecule has 0 radical (unpaired) electrons. The Balaban J connectivity index is 1.66. The number of rotatable bonds is 10. The average Bonchev–Trinajstić information content (AvgIpc) is 3.12. The minimum atomic E-state index is -0.633. The Kier molecular flexibility index (Phi) is 8.60. The Bertz CT molecular complexity index is 866. The number of β-amino-alcohol motifs (C(OH)–C–C–N with tert-alkyl or cyclic N) is 1. The van der Waals surface area contributed by atoms with Gasteiger partial charge in [-0.05, 0) is 25.1 Å². The van der Waals surface area contributed by atoms with Crippen molar-refractivity contribution in [3.8, 4) is 0 Å². The van der Waals surface area contributed by atoms with Crippen molar-refractivity contribution in [1.29, 1.82) is 0 Å². The van der Waals surface area contributed by atoms with Crippen molar-refractivity contribution >= 4 is 23.5 Å². The van der Waals surface area contributed by atoms with Crippen LogP contribution in [0.1, 0.15) is 16.8 Å². The highest BCUT2D eigenvalue weighted by Gasteiger charge is 2.34. The fourth-order valence-corrected chi connectivity index (χ4v) is 3.70. The molecule has 174 valence electrons. The van der Waals surface area contributed by atoms with Crippen molar-refractivity contribution < 1.29 is 29.0 Å². The van der Waals surface area contributed by atoms with Crippen molar-refractivity contribution in [3.63, 3.8) is 0 Å². The molecule has 1 aromatic rings. The first kappa shape index (κ1) is 23.7. The molecule has 3 rings (SSSR count). The Morgan fingerprint density at radius 3 is 2.66 bits per heavy atom. The van der Waals surface area contributed by atoms with Crippen LogP contribution >= 0.6 is 0 Å². The molecule has 0 aromatic heterocycles. The third-order valence-electron chi connectivity index (χ3n) is 5.43. The van der Waals surface area contributed by atoms with Gasteiger partial charge in [-0.15, -0.1) is 0 Å². The number of nitrogens with one attached hydrogen (secondary N) is 2. The summed E-state index contributed by atoms with van der Waals surface area (Å²) in [6.07, 6.45) is 0.813. The highest BCUT2D eigenvalue weighted by atomic mass is 16.5. The van der Waals surface area contributed by atoms with Gasteiger partial charge in [0, 0.05) is 26.2 Å². The predicted molar refractivity (Wildman–Crippen MR) is 117 cm³/mol. The zero-order valence-corrected chi connectivity index (χ0v) is 18.3. The van der Waals surface area contributed by atoms with E-state index in [1.807, 2.05) is 0 Å². The van der Waals surface area contributed by atoms with E-state index in [4.69, 9.17) is 9.47 Å². The van der Waals surface area contributed by atoms with Crippen LogP contribution in [0.3, 0.4) is 0 Å². The molecule has 1 aromatic carbocycles. The van der Waals surface area contributed by atoms with Crippen LogP contribution in [0.5, 0.6) is 0 Å². The molecule has 10 heteroatoms. The summed E-state index contributed by atoms with van der Waals surface area (Å²) < 4.78 is 10.1. The molecule has 0 aliphatic carbocycles. The number of esters is 1. The summed E-state index contributed by atoms with van der Waals surface area (Å²) in [4.78, 5) is 41.4. The lowest BCUT2D eigenvalue weighted by molar-refractivity contribution is -0.136. The molecule has 3 N–H and O–H groups in total. The summed E-state index contributed by atoms with van der Waals surface area (Å²) in [5.74, 6) is -1.33. The molecule has 32 heavy (non-hydrogen) atoms. The first-order chi connectivity index (χ1) is 15.5. The van der Waals surface area contributed by atoms with Gasteiger partial charge >= 0.3 is 5.97 Å². The van der Waals surface area contributed by atoms with E-state index < -0.39 is 11.9 Å². The number of morpholine rings is 1. The lowest BCUT2D eigenvalue weighted by Gasteiger charge is -2.26. The molecule has 0 atom stereocenters. The number of nitrogens with zero attached hydrogens (tertiary/aromatic N) is 2. The largest absolute Gasteiger partial charge is 0.466 e. The number of benzene rings is 1. The fraction of sp³-hybridized carbons (Fsp3) is 0.500. The van der Waals surface area contributed by atoms with Crippen molar-refractivity contribution in [2.45, 2.75) is 6.42 Å². The number of hydrogen-bond acceptors (Lipinski definition) is 8. The first-order valence-corrected chi connectivity index (χ1v) is 10.7. The van der Waals surface area contributed by atoms with Crippen LogP contribution in [0.25, 0.3) is 0 Å². The lowest BCUT2D eigenvalue weighted by atomic mass is 10.1. The van der Waals surface area contributed by atoms with Gasteiger partial charge in [0.1, 0.15) is 5.70 Å². The Hall–Kier alpha value is -2.95. The maximum Gasteiger partial charge on any atom is 0.337 e. The topological polar surface area (TPSA) is 120 Å². The smallest absolute Gasteiger partial charge is 0.337 e. The number of carbonyl (C=O) groups is 3.